The van der Waals surface area contributed by atoms with Gasteiger partial charge in [-0.2, -0.15) is 0 Å². The van der Waals surface area contributed by atoms with Crippen molar-refractivity contribution in [2.45, 2.75) is 0 Å². The van der Waals surface area contributed by atoms with Crippen LogP contribution in [0.5, 0.6) is 0 Å². The molecule has 1 N–H and O–H groups in total. The molecule has 1 fully saturated rings. The first kappa shape index (κ1) is 17.5. The van der Waals surface area contributed by atoms with E-state index in [-0.39, 0.29) is 11.7 Å². The van der Waals surface area contributed by atoms with Gasteiger partial charge in [0.05, 0.1) is 12.2 Å². The molecule has 4 nitrogen and oxygen atoms in total. The van der Waals surface area contributed by atoms with Gasteiger partial charge in [-0.05, 0) is 35.0 Å². The van der Waals surface area contributed by atoms with Gasteiger partial charge in [0.25, 0.3) is 0 Å². The summed E-state index contributed by atoms with van der Waals surface area (Å²) in [6.07, 6.45) is 0. The highest BCUT2D eigenvalue weighted by Crippen LogP contribution is 2.21. The zero-order chi connectivity index (χ0) is 18.6. The van der Waals surface area contributed by atoms with Crippen LogP contribution in [-0.4, -0.2) is 43.5 Å². The van der Waals surface area contributed by atoms with Gasteiger partial charge in [0.1, 0.15) is 5.82 Å². The maximum Gasteiger partial charge on any atom is 0.238 e. The minimum Gasteiger partial charge on any atom is -0.367 e. The molecule has 27 heavy (non-hydrogen) atoms. The van der Waals surface area contributed by atoms with Gasteiger partial charge < -0.3 is 10.2 Å². The lowest BCUT2D eigenvalue weighted by atomic mass is 10.1. The maximum absolute atomic E-state index is 13.9. The summed E-state index contributed by atoms with van der Waals surface area (Å²) in [4.78, 5) is 16.5. The number of halogens is 1. The topological polar surface area (TPSA) is 35.6 Å². The molecular weight excluding hydrogens is 341 g/mol. The van der Waals surface area contributed by atoms with Gasteiger partial charge in [0.2, 0.25) is 5.91 Å². The average Bonchev–Trinajstić information content (AvgIpc) is 2.69. The number of anilines is 2. The summed E-state index contributed by atoms with van der Waals surface area (Å²) in [5.41, 5.74) is 1.45. The van der Waals surface area contributed by atoms with Crippen molar-refractivity contribution < 1.29 is 9.18 Å². The molecule has 3 aromatic rings. The molecule has 0 saturated carbocycles. The SMILES string of the molecule is O=C(CN1CCN(c2ccccc2F)CC1)Nc1ccc2ccccc2c1. The van der Waals surface area contributed by atoms with Gasteiger partial charge in [-0.1, -0.05) is 42.5 Å². The summed E-state index contributed by atoms with van der Waals surface area (Å²) in [6, 6.07) is 20.8. The van der Waals surface area contributed by atoms with E-state index < -0.39 is 0 Å². The summed E-state index contributed by atoms with van der Waals surface area (Å²) in [5.74, 6) is -0.218. The van der Waals surface area contributed by atoms with Crippen molar-refractivity contribution >= 4 is 28.1 Å². The Labute approximate surface area is 158 Å². The fraction of sp³-hybridized carbons (Fsp3) is 0.227. The number of benzene rings is 3. The third-order valence-corrected chi connectivity index (χ3v) is 4.97. The Balaban J connectivity index is 1.32. The second-order valence-corrected chi connectivity index (χ2v) is 6.82. The van der Waals surface area contributed by atoms with Crippen molar-refractivity contribution in [2.24, 2.45) is 0 Å². The Morgan fingerprint density at radius 2 is 1.59 bits per heavy atom. The fourth-order valence-electron chi connectivity index (χ4n) is 3.53. The first-order valence-electron chi connectivity index (χ1n) is 9.19. The summed E-state index contributed by atoms with van der Waals surface area (Å²) in [7, 11) is 0. The quantitative estimate of drug-likeness (QED) is 0.767. The second-order valence-electron chi connectivity index (χ2n) is 6.82. The predicted molar refractivity (Wildman–Crippen MR) is 108 cm³/mol. The Morgan fingerprint density at radius 3 is 2.37 bits per heavy atom. The van der Waals surface area contributed by atoms with Crippen LogP contribution >= 0.6 is 0 Å². The molecule has 4 rings (SSSR count). The van der Waals surface area contributed by atoms with E-state index >= 15 is 0 Å². The standard InChI is InChI=1S/C22H22FN3O/c23-20-7-3-4-8-21(20)26-13-11-25(12-14-26)16-22(27)24-19-10-9-17-5-1-2-6-18(17)15-19/h1-10,15H,11-14,16H2,(H,24,27). The first-order valence-corrected chi connectivity index (χ1v) is 9.19. The van der Waals surface area contributed by atoms with E-state index in [0.29, 0.717) is 25.3 Å². The third-order valence-electron chi connectivity index (χ3n) is 4.97. The van der Waals surface area contributed by atoms with E-state index in [1.807, 2.05) is 47.4 Å². The maximum atomic E-state index is 13.9. The minimum absolute atomic E-state index is 0.0235. The Kier molecular flexibility index (Phi) is 5.03. The largest absolute Gasteiger partial charge is 0.367 e. The number of rotatable bonds is 4. The Bertz CT molecular complexity index is 951. The number of carbonyl (C=O) groups excluding carboxylic acids is 1. The molecule has 1 aliphatic rings. The Morgan fingerprint density at radius 1 is 0.889 bits per heavy atom. The van der Waals surface area contributed by atoms with E-state index in [9.17, 15) is 9.18 Å². The minimum atomic E-state index is -0.194. The highest BCUT2D eigenvalue weighted by molar-refractivity contribution is 5.95. The van der Waals surface area contributed by atoms with Gasteiger partial charge in [-0.25, -0.2) is 4.39 Å². The second kappa shape index (κ2) is 7.76. The molecule has 0 aromatic heterocycles. The van der Waals surface area contributed by atoms with Crippen LogP contribution in [0.4, 0.5) is 15.8 Å². The zero-order valence-corrected chi connectivity index (χ0v) is 15.1. The van der Waals surface area contributed by atoms with Crippen LogP contribution in [0.2, 0.25) is 0 Å². The lowest BCUT2D eigenvalue weighted by Crippen LogP contribution is -2.48. The number of nitrogens with zero attached hydrogens (tertiary/aromatic N) is 2. The van der Waals surface area contributed by atoms with E-state index in [1.165, 1.54) is 6.07 Å². The Hall–Kier alpha value is -2.92. The molecule has 1 saturated heterocycles. The van der Waals surface area contributed by atoms with Crippen LogP contribution in [-0.2, 0) is 4.79 Å². The molecular formula is C22H22FN3O. The molecule has 0 atom stereocenters. The lowest BCUT2D eigenvalue weighted by Gasteiger charge is -2.35. The number of carbonyl (C=O) groups is 1. The van der Waals surface area contributed by atoms with Crippen molar-refractivity contribution in [2.75, 3.05) is 42.9 Å². The van der Waals surface area contributed by atoms with Crippen LogP contribution < -0.4 is 10.2 Å². The molecule has 1 heterocycles. The molecule has 0 unspecified atom stereocenters. The molecule has 3 aromatic carbocycles. The average molecular weight is 363 g/mol. The van der Waals surface area contributed by atoms with Crippen LogP contribution in [0.15, 0.2) is 66.7 Å². The van der Waals surface area contributed by atoms with Crippen molar-refractivity contribution in [3.05, 3.63) is 72.5 Å². The highest BCUT2D eigenvalue weighted by atomic mass is 19.1. The van der Waals surface area contributed by atoms with Crippen LogP contribution in [0.25, 0.3) is 10.8 Å². The number of para-hydroxylation sites is 1. The molecule has 0 aliphatic carbocycles. The van der Waals surface area contributed by atoms with E-state index in [2.05, 4.69) is 16.3 Å². The first-order chi connectivity index (χ1) is 13.2. The van der Waals surface area contributed by atoms with Gasteiger partial charge in [0, 0.05) is 31.9 Å². The molecule has 0 bridgehead atoms. The van der Waals surface area contributed by atoms with E-state index in [1.54, 1.807) is 12.1 Å². The third kappa shape index (κ3) is 4.09. The molecule has 138 valence electrons. The molecule has 5 heteroatoms. The predicted octanol–water partition coefficient (Wildman–Crippen LogP) is 3.74. The zero-order valence-electron chi connectivity index (χ0n) is 15.1. The number of piperazine rings is 1. The van der Waals surface area contributed by atoms with Crippen LogP contribution in [0.1, 0.15) is 0 Å². The van der Waals surface area contributed by atoms with Gasteiger partial charge in [-0.15, -0.1) is 0 Å². The normalized spacial score (nSPS) is 15.1. The fourth-order valence-corrected chi connectivity index (χ4v) is 3.53. The van der Waals surface area contributed by atoms with Crippen molar-refractivity contribution in [1.82, 2.24) is 4.90 Å². The number of fused-ring (bicyclic) bond motifs is 1. The molecule has 0 spiro atoms. The molecule has 0 radical (unpaired) electrons. The number of amides is 1. The summed E-state index contributed by atoms with van der Waals surface area (Å²) < 4.78 is 13.9. The molecule has 1 aliphatic heterocycles. The summed E-state index contributed by atoms with van der Waals surface area (Å²) >= 11 is 0. The number of nitrogens with one attached hydrogen (secondary N) is 1. The van der Waals surface area contributed by atoms with E-state index in [0.717, 1.165) is 29.5 Å². The monoisotopic (exact) mass is 363 g/mol. The van der Waals surface area contributed by atoms with Crippen LogP contribution in [0.3, 0.4) is 0 Å². The summed E-state index contributed by atoms with van der Waals surface area (Å²) in [5, 5.41) is 5.24. The summed E-state index contributed by atoms with van der Waals surface area (Å²) in [6.45, 7) is 3.24. The van der Waals surface area contributed by atoms with Crippen molar-refractivity contribution in [3.63, 3.8) is 0 Å². The van der Waals surface area contributed by atoms with Gasteiger partial charge in [0.15, 0.2) is 0 Å². The van der Waals surface area contributed by atoms with Crippen LogP contribution in [0, 0.1) is 5.82 Å². The molecule has 1 amide bonds. The van der Waals surface area contributed by atoms with Gasteiger partial charge in [-0.3, -0.25) is 9.69 Å². The number of hydrogen-bond acceptors (Lipinski definition) is 3. The lowest BCUT2D eigenvalue weighted by molar-refractivity contribution is -0.117. The van der Waals surface area contributed by atoms with E-state index in [4.69, 9.17) is 0 Å². The van der Waals surface area contributed by atoms with Crippen molar-refractivity contribution in [1.29, 1.82) is 0 Å². The van der Waals surface area contributed by atoms with Gasteiger partial charge >= 0.3 is 0 Å². The highest BCUT2D eigenvalue weighted by Gasteiger charge is 2.20. The smallest absolute Gasteiger partial charge is 0.238 e. The number of hydrogen-bond donors (Lipinski definition) is 1. The van der Waals surface area contributed by atoms with Crippen molar-refractivity contribution in [3.8, 4) is 0 Å².